The lowest BCUT2D eigenvalue weighted by molar-refractivity contribution is -0.151. The predicted octanol–water partition coefficient (Wildman–Crippen LogP) is -1.38. The third kappa shape index (κ3) is 1.67. The summed E-state index contributed by atoms with van der Waals surface area (Å²) in [6, 6.07) is 0. The SMILES string of the molecule is NC(=O)C1CCCCC1(C(N)=O)C(N)=O. The molecule has 0 heterocycles. The average Bonchev–Trinajstić information content (AvgIpc) is 2.16. The van der Waals surface area contributed by atoms with Crippen molar-refractivity contribution in [1.82, 2.24) is 0 Å². The van der Waals surface area contributed by atoms with Crippen LogP contribution in [0.15, 0.2) is 0 Å². The van der Waals surface area contributed by atoms with Gasteiger partial charge in [-0.1, -0.05) is 12.8 Å². The number of hydrogen-bond donors (Lipinski definition) is 3. The normalized spacial score (nSPS) is 24.4. The van der Waals surface area contributed by atoms with Crippen LogP contribution in [0.2, 0.25) is 0 Å². The molecule has 0 spiro atoms. The Labute approximate surface area is 87.2 Å². The van der Waals surface area contributed by atoms with Crippen molar-refractivity contribution in [3.8, 4) is 0 Å². The van der Waals surface area contributed by atoms with Crippen molar-refractivity contribution in [1.29, 1.82) is 0 Å². The van der Waals surface area contributed by atoms with Crippen LogP contribution < -0.4 is 17.2 Å². The van der Waals surface area contributed by atoms with Crippen LogP contribution >= 0.6 is 0 Å². The summed E-state index contributed by atoms with van der Waals surface area (Å²) in [5.74, 6) is -3.24. The lowest BCUT2D eigenvalue weighted by Gasteiger charge is -2.37. The molecule has 6 nitrogen and oxygen atoms in total. The van der Waals surface area contributed by atoms with Crippen LogP contribution in [0.4, 0.5) is 0 Å². The summed E-state index contributed by atoms with van der Waals surface area (Å²) in [5.41, 5.74) is 14.0. The summed E-state index contributed by atoms with van der Waals surface area (Å²) < 4.78 is 0. The third-order valence-corrected chi connectivity index (χ3v) is 3.13. The van der Waals surface area contributed by atoms with Crippen molar-refractivity contribution in [3.05, 3.63) is 0 Å². The quantitative estimate of drug-likeness (QED) is 0.499. The highest BCUT2D eigenvalue weighted by Gasteiger charge is 2.53. The molecule has 0 aliphatic heterocycles. The largest absolute Gasteiger partial charge is 0.369 e. The van der Waals surface area contributed by atoms with Gasteiger partial charge in [0.2, 0.25) is 17.7 Å². The van der Waals surface area contributed by atoms with Gasteiger partial charge in [0.15, 0.2) is 0 Å². The Bertz CT molecular complexity index is 300. The zero-order chi connectivity index (χ0) is 11.6. The average molecular weight is 213 g/mol. The van der Waals surface area contributed by atoms with Crippen molar-refractivity contribution >= 4 is 17.7 Å². The minimum absolute atomic E-state index is 0.214. The van der Waals surface area contributed by atoms with Crippen LogP contribution in [0.1, 0.15) is 25.7 Å². The summed E-state index contributed by atoms with van der Waals surface area (Å²) >= 11 is 0. The van der Waals surface area contributed by atoms with Gasteiger partial charge in [0.25, 0.3) is 0 Å². The van der Waals surface area contributed by atoms with E-state index in [1.165, 1.54) is 0 Å². The molecule has 1 fully saturated rings. The molecule has 1 aliphatic carbocycles. The molecule has 0 radical (unpaired) electrons. The molecule has 15 heavy (non-hydrogen) atoms. The van der Waals surface area contributed by atoms with Gasteiger partial charge in [-0.25, -0.2) is 0 Å². The molecule has 0 aromatic carbocycles. The Morgan fingerprint density at radius 2 is 1.53 bits per heavy atom. The maximum Gasteiger partial charge on any atom is 0.233 e. The first-order valence-corrected chi connectivity index (χ1v) is 4.82. The van der Waals surface area contributed by atoms with Crippen molar-refractivity contribution in [2.75, 3.05) is 0 Å². The minimum atomic E-state index is -1.58. The molecule has 1 atom stereocenters. The highest BCUT2D eigenvalue weighted by Crippen LogP contribution is 2.40. The Morgan fingerprint density at radius 3 is 1.87 bits per heavy atom. The van der Waals surface area contributed by atoms with Gasteiger partial charge in [0.05, 0.1) is 5.92 Å². The van der Waals surface area contributed by atoms with E-state index in [0.29, 0.717) is 12.8 Å². The van der Waals surface area contributed by atoms with E-state index in [0.717, 1.165) is 6.42 Å². The van der Waals surface area contributed by atoms with Crippen LogP contribution in [0.5, 0.6) is 0 Å². The Morgan fingerprint density at radius 1 is 1.00 bits per heavy atom. The lowest BCUT2D eigenvalue weighted by atomic mass is 9.65. The molecule has 1 aliphatic rings. The maximum absolute atomic E-state index is 11.3. The Balaban J connectivity index is 3.16. The number of carbonyl (C=O) groups is 3. The van der Waals surface area contributed by atoms with Crippen LogP contribution in [-0.4, -0.2) is 17.7 Å². The second-order valence-electron chi connectivity index (χ2n) is 3.90. The number of amides is 3. The number of hydrogen-bond acceptors (Lipinski definition) is 3. The molecule has 0 saturated heterocycles. The minimum Gasteiger partial charge on any atom is -0.369 e. The highest BCUT2D eigenvalue weighted by molar-refractivity contribution is 6.07. The van der Waals surface area contributed by atoms with Gasteiger partial charge in [-0.05, 0) is 12.8 Å². The summed E-state index contributed by atoms with van der Waals surface area (Å²) in [6.07, 6.45) is 2.00. The number of primary amides is 3. The summed E-state index contributed by atoms with van der Waals surface area (Å²) in [7, 11) is 0. The molecule has 0 bridgehead atoms. The number of carbonyl (C=O) groups excluding carboxylic acids is 3. The topological polar surface area (TPSA) is 129 Å². The molecular weight excluding hydrogens is 198 g/mol. The van der Waals surface area contributed by atoms with Gasteiger partial charge < -0.3 is 17.2 Å². The van der Waals surface area contributed by atoms with Gasteiger partial charge in [-0.15, -0.1) is 0 Å². The summed E-state index contributed by atoms with van der Waals surface area (Å²) in [4.78, 5) is 33.9. The molecule has 1 rings (SSSR count). The first-order valence-electron chi connectivity index (χ1n) is 4.82. The van der Waals surface area contributed by atoms with Crippen molar-refractivity contribution < 1.29 is 14.4 Å². The third-order valence-electron chi connectivity index (χ3n) is 3.13. The molecular formula is C9H15N3O3. The lowest BCUT2D eigenvalue weighted by Crippen LogP contribution is -2.57. The van der Waals surface area contributed by atoms with E-state index < -0.39 is 29.1 Å². The molecule has 0 aromatic heterocycles. The molecule has 6 N–H and O–H groups in total. The molecule has 1 saturated carbocycles. The van der Waals surface area contributed by atoms with Gasteiger partial charge in [-0.3, -0.25) is 14.4 Å². The zero-order valence-electron chi connectivity index (χ0n) is 8.36. The fourth-order valence-corrected chi connectivity index (χ4v) is 2.27. The van der Waals surface area contributed by atoms with Gasteiger partial charge in [0.1, 0.15) is 5.41 Å². The van der Waals surface area contributed by atoms with Crippen LogP contribution in [0.25, 0.3) is 0 Å². The monoisotopic (exact) mass is 213 g/mol. The van der Waals surface area contributed by atoms with E-state index in [1.54, 1.807) is 0 Å². The Kier molecular flexibility index (Phi) is 2.97. The van der Waals surface area contributed by atoms with Crippen LogP contribution in [-0.2, 0) is 14.4 Å². The van der Waals surface area contributed by atoms with E-state index in [4.69, 9.17) is 17.2 Å². The van der Waals surface area contributed by atoms with Gasteiger partial charge in [0, 0.05) is 0 Å². The number of nitrogens with two attached hydrogens (primary N) is 3. The summed E-state index contributed by atoms with van der Waals surface area (Å²) in [6.45, 7) is 0. The van der Waals surface area contributed by atoms with Gasteiger partial charge >= 0.3 is 0 Å². The van der Waals surface area contributed by atoms with E-state index in [1.807, 2.05) is 0 Å². The molecule has 6 heteroatoms. The smallest absolute Gasteiger partial charge is 0.233 e. The van der Waals surface area contributed by atoms with Gasteiger partial charge in [-0.2, -0.15) is 0 Å². The molecule has 1 unspecified atom stereocenters. The highest BCUT2D eigenvalue weighted by atomic mass is 16.2. The maximum atomic E-state index is 11.3. The second kappa shape index (κ2) is 3.88. The summed E-state index contributed by atoms with van der Waals surface area (Å²) in [5, 5.41) is 0. The predicted molar refractivity (Wildman–Crippen MR) is 52.0 cm³/mol. The van der Waals surface area contributed by atoms with Crippen LogP contribution in [0, 0.1) is 11.3 Å². The van der Waals surface area contributed by atoms with Crippen molar-refractivity contribution in [2.24, 2.45) is 28.5 Å². The van der Waals surface area contributed by atoms with E-state index in [-0.39, 0.29) is 6.42 Å². The standard InChI is InChI=1S/C9H15N3O3/c10-6(13)5-3-1-2-4-9(5,7(11)14)8(12)15/h5H,1-4H2,(H2,10,13)(H2,11,14)(H2,12,15). The molecule has 84 valence electrons. The van der Waals surface area contributed by atoms with Crippen LogP contribution in [0.3, 0.4) is 0 Å². The van der Waals surface area contributed by atoms with E-state index >= 15 is 0 Å². The van der Waals surface area contributed by atoms with E-state index in [9.17, 15) is 14.4 Å². The Hall–Kier alpha value is -1.59. The molecule has 0 aromatic rings. The molecule has 3 amide bonds. The first-order chi connectivity index (χ1) is 6.93. The number of rotatable bonds is 3. The zero-order valence-corrected chi connectivity index (χ0v) is 8.36. The fraction of sp³-hybridized carbons (Fsp3) is 0.667. The second-order valence-corrected chi connectivity index (χ2v) is 3.90. The first kappa shape index (κ1) is 11.5. The van der Waals surface area contributed by atoms with Crippen molar-refractivity contribution in [3.63, 3.8) is 0 Å². The van der Waals surface area contributed by atoms with E-state index in [2.05, 4.69) is 0 Å². The van der Waals surface area contributed by atoms with Crippen molar-refractivity contribution in [2.45, 2.75) is 25.7 Å². The fourth-order valence-electron chi connectivity index (χ4n) is 2.27.